The molecule has 3 aliphatic heterocycles. The molecule has 2 aromatic rings. The largest absolute Gasteiger partial charge is 0.457 e. The highest BCUT2D eigenvalue weighted by Crippen LogP contribution is 2.41. The van der Waals surface area contributed by atoms with Crippen molar-refractivity contribution in [3.63, 3.8) is 0 Å². The number of halogens is 1. The van der Waals surface area contributed by atoms with E-state index in [0.717, 1.165) is 6.92 Å². The number of Topliss-reactive ketones (excluding diaryl/α,β-unsaturated/α-hetero) is 1. The van der Waals surface area contributed by atoms with E-state index < -0.39 is 95.3 Å². The summed E-state index contributed by atoms with van der Waals surface area (Å²) in [6.45, 7) is 14.7. The Morgan fingerprint density at radius 3 is 2.47 bits per heavy atom. The SMILES string of the molecule is CCC(=O)N/C1=C(\C)[C@H]2OCC(=NOCc3csc(-c4cccc(NC(=O)[C@H](C)N)n4)n3)CO[C@](C)(C[C@H]1C)[C@H](O[C@@H]1O[C@H](C)C[C@H](N(C)C)[C@H]1O)[C@@H](C)C(=O)[C@](C)(F)C(=O)O[C@H](CC)[C@@]2(C)O. The molecule has 5 rings (SSSR count). The average Bonchev–Trinajstić information content (AvgIpc) is 3.76. The highest BCUT2D eigenvalue weighted by molar-refractivity contribution is 7.13. The van der Waals surface area contributed by atoms with Crippen LogP contribution in [-0.2, 0) is 54.3 Å². The number of carbonyl (C=O) groups excluding carboxylic acids is 4. The van der Waals surface area contributed by atoms with Crippen molar-refractivity contribution in [1.29, 1.82) is 0 Å². The summed E-state index contributed by atoms with van der Waals surface area (Å²) in [5, 5.41) is 36.6. The summed E-state index contributed by atoms with van der Waals surface area (Å²) < 4.78 is 49.0. The molecule has 13 atom stereocenters. The molecular weight excluding hydrogens is 906 g/mol. The van der Waals surface area contributed by atoms with Crippen LogP contribution >= 0.6 is 11.3 Å². The molecule has 3 aliphatic rings. The number of fused-ring (bicyclic) bond motifs is 4. The smallest absolute Gasteiger partial charge is 0.351 e. The Kier molecular flexibility index (Phi) is 18.2. The van der Waals surface area contributed by atoms with Gasteiger partial charge in [-0.15, -0.1) is 11.3 Å². The van der Waals surface area contributed by atoms with Crippen LogP contribution in [-0.4, -0.2) is 147 Å². The highest BCUT2D eigenvalue weighted by atomic mass is 32.1. The van der Waals surface area contributed by atoms with Crippen molar-refractivity contribution in [2.75, 3.05) is 32.6 Å². The number of thiazole rings is 1. The van der Waals surface area contributed by atoms with E-state index in [1.807, 2.05) is 32.8 Å². The van der Waals surface area contributed by atoms with E-state index in [-0.39, 0.29) is 50.7 Å². The number of rotatable bonds is 12. The van der Waals surface area contributed by atoms with Crippen LogP contribution in [0.25, 0.3) is 10.7 Å². The Balaban J connectivity index is 1.63. The molecule has 2 amide bonds. The lowest BCUT2D eigenvalue weighted by atomic mass is 9.76. The Morgan fingerprint density at radius 1 is 1.12 bits per heavy atom. The number of ether oxygens (including phenoxy) is 5. The van der Waals surface area contributed by atoms with Crippen molar-refractivity contribution < 1.29 is 62.3 Å². The molecular formula is C47H70FN7O12S. The number of nitrogens with zero attached hydrogens (tertiary/aromatic N) is 4. The van der Waals surface area contributed by atoms with Crippen LogP contribution in [0.3, 0.4) is 0 Å². The highest BCUT2D eigenvalue weighted by Gasteiger charge is 2.56. The first-order chi connectivity index (χ1) is 31.8. The summed E-state index contributed by atoms with van der Waals surface area (Å²) in [4.78, 5) is 70.8. The Hall–Kier alpha value is -4.32. The van der Waals surface area contributed by atoms with Crippen molar-refractivity contribution in [3.8, 4) is 10.7 Å². The summed E-state index contributed by atoms with van der Waals surface area (Å²) in [7, 11) is 3.62. The molecule has 0 aromatic carbocycles. The number of carbonyl (C=O) groups is 4. The van der Waals surface area contributed by atoms with Crippen molar-refractivity contribution in [2.45, 2.75) is 167 Å². The lowest BCUT2D eigenvalue weighted by molar-refractivity contribution is -0.296. The number of allylic oxidation sites excluding steroid dienone is 1. The number of nitrogens with one attached hydrogen (secondary N) is 2. The van der Waals surface area contributed by atoms with Gasteiger partial charge in [-0.25, -0.2) is 19.2 Å². The molecule has 0 radical (unpaired) electrons. The van der Waals surface area contributed by atoms with Crippen LogP contribution in [0.2, 0.25) is 0 Å². The molecule has 0 unspecified atom stereocenters. The summed E-state index contributed by atoms with van der Waals surface area (Å²) in [6, 6.07) is 3.95. The molecule has 2 aromatic heterocycles. The van der Waals surface area contributed by atoms with E-state index in [2.05, 4.69) is 25.8 Å². The number of alkyl halides is 1. The quantitative estimate of drug-likeness (QED) is 0.114. The maximum atomic E-state index is 17.0. The van der Waals surface area contributed by atoms with Gasteiger partial charge in [0.25, 0.3) is 5.67 Å². The normalized spacial score (nSPS) is 35.4. The number of amides is 2. The molecule has 0 saturated carbocycles. The van der Waals surface area contributed by atoms with E-state index in [4.69, 9.17) is 34.3 Å². The van der Waals surface area contributed by atoms with Crippen LogP contribution in [0.4, 0.5) is 10.2 Å². The number of esters is 1. The molecule has 0 aliphatic carbocycles. The van der Waals surface area contributed by atoms with Gasteiger partial charge in [-0.1, -0.05) is 38.9 Å². The van der Waals surface area contributed by atoms with Gasteiger partial charge in [-0.05, 0) is 98.5 Å². The molecule has 1 saturated heterocycles. The van der Waals surface area contributed by atoms with Crippen molar-refractivity contribution >= 4 is 46.4 Å². The lowest BCUT2D eigenvalue weighted by Crippen LogP contribution is -2.61. The second kappa shape index (κ2) is 22.6. The summed E-state index contributed by atoms with van der Waals surface area (Å²) in [5.41, 5.74) is 0.624. The average molecular weight is 976 g/mol. The van der Waals surface area contributed by atoms with Gasteiger partial charge in [-0.2, -0.15) is 0 Å². The zero-order valence-corrected chi connectivity index (χ0v) is 42.0. The number of oxime groups is 1. The van der Waals surface area contributed by atoms with Crippen LogP contribution in [0.1, 0.15) is 101 Å². The van der Waals surface area contributed by atoms with Gasteiger partial charge in [0.05, 0.1) is 42.8 Å². The number of aliphatic hydroxyl groups excluding tert-OH is 1. The number of aliphatic hydroxyl groups is 2. The number of aromatic nitrogens is 2. The number of anilines is 1. The fraction of sp³-hybridized carbons (Fsp3) is 0.681. The van der Waals surface area contributed by atoms with Gasteiger partial charge in [0.2, 0.25) is 11.8 Å². The molecule has 5 heterocycles. The zero-order chi connectivity index (χ0) is 50.5. The number of ketones is 1. The lowest BCUT2D eigenvalue weighted by Gasteiger charge is -2.47. The minimum atomic E-state index is -3.25. The molecule has 2 bridgehead atoms. The second-order valence-corrected chi connectivity index (χ2v) is 19.8. The minimum Gasteiger partial charge on any atom is -0.457 e. The predicted molar refractivity (Wildman–Crippen MR) is 251 cm³/mol. The Morgan fingerprint density at radius 2 is 1.82 bits per heavy atom. The van der Waals surface area contributed by atoms with Gasteiger partial charge in [0.1, 0.15) is 46.1 Å². The van der Waals surface area contributed by atoms with Crippen LogP contribution in [0, 0.1) is 11.8 Å². The number of nitrogens with two attached hydrogens (primary N) is 1. The van der Waals surface area contributed by atoms with E-state index in [1.165, 1.54) is 25.2 Å². The van der Waals surface area contributed by atoms with E-state index in [1.54, 1.807) is 58.2 Å². The molecule has 19 nitrogen and oxygen atoms in total. The number of hydrogen-bond acceptors (Lipinski definition) is 18. The third kappa shape index (κ3) is 12.5. The van der Waals surface area contributed by atoms with Crippen molar-refractivity contribution in [1.82, 2.24) is 20.2 Å². The van der Waals surface area contributed by atoms with Gasteiger partial charge in [-0.3, -0.25) is 14.4 Å². The zero-order valence-electron chi connectivity index (χ0n) is 41.2. The fourth-order valence-electron chi connectivity index (χ4n) is 9.04. The topological polar surface area (TPSA) is 256 Å². The van der Waals surface area contributed by atoms with Crippen LogP contribution < -0.4 is 16.4 Å². The number of hydrogen-bond donors (Lipinski definition) is 5. The fourth-order valence-corrected chi connectivity index (χ4v) is 9.81. The third-order valence-electron chi connectivity index (χ3n) is 12.9. The molecule has 6 N–H and O–H groups in total. The minimum absolute atomic E-state index is 0.0130. The second-order valence-electron chi connectivity index (χ2n) is 19.0. The van der Waals surface area contributed by atoms with E-state index >= 15 is 4.39 Å². The molecule has 21 heteroatoms. The van der Waals surface area contributed by atoms with Crippen molar-refractivity contribution in [2.24, 2.45) is 22.7 Å². The first kappa shape index (κ1) is 54.6. The van der Waals surface area contributed by atoms with E-state index in [0.29, 0.717) is 39.9 Å². The van der Waals surface area contributed by atoms with Gasteiger partial charge >= 0.3 is 5.97 Å². The predicted octanol–water partition coefficient (Wildman–Crippen LogP) is 4.19. The standard InChI is InChI=1S/C47H70FN7O12S/c1-13-33-47(10,61)40-26(5)36(53-35(56)14-2)24(3)19-45(8,39(27(6)38(58)46(9,48)44(60)66-33)67-43-37(57)32(55(11)12)18-25(4)65-43)63-21-29(20-62-40)54-64-22-30-23-68-42(50-30)31-16-15-17-34(51-31)52-41(59)28(7)49/h15-17,23-25,27-28,32-33,37,39-40,43,57,61H,13-14,18-22,49H2,1-12H3,(H,53,56)(H,51,52,59)/b36-26+,54-29?/t24-,25-,27+,28+,32+,33-,37-,39-,40-,43+,45-,46+,47-/m1/s1. The Bertz CT molecular complexity index is 2180. The van der Waals surface area contributed by atoms with Gasteiger partial charge < -0.3 is 60.0 Å². The van der Waals surface area contributed by atoms with Crippen LogP contribution in [0.15, 0.2) is 40.0 Å². The molecule has 0 spiro atoms. The summed E-state index contributed by atoms with van der Waals surface area (Å²) in [6.07, 6.45) is -6.67. The molecule has 1 fully saturated rings. The summed E-state index contributed by atoms with van der Waals surface area (Å²) >= 11 is 1.29. The number of likely N-dealkylation sites (N-methyl/N-ethyl adjacent to an activating group) is 1. The summed E-state index contributed by atoms with van der Waals surface area (Å²) in [5.74, 6) is -5.26. The van der Waals surface area contributed by atoms with Gasteiger partial charge in [0, 0.05) is 29.5 Å². The Labute approximate surface area is 401 Å². The number of cyclic esters (lactones) is 1. The maximum absolute atomic E-state index is 17.0. The van der Waals surface area contributed by atoms with Gasteiger partial charge in [0.15, 0.2) is 18.7 Å². The molecule has 378 valence electrons. The monoisotopic (exact) mass is 975 g/mol. The maximum Gasteiger partial charge on any atom is 0.351 e. The molecule has 68 heavy (non-hydrogen) atoms. The third-order valence-corrected chi connectivity index (χ3v) is 13.8. The first-order valence-electron chi connectivity index (χ1n) is 23.1. The van der Waals surface area contributed by atoms with E-state index in [9.17, 15) is 29.4 Å². The van der Waals surface area contributed by atoms with Crippen molar-refractivity contribution in [3.05, 3.63) is 40.5 Å². The first-order valence-corrected chi connectivity index (χ1v) is 24.0. The number of pyridine rings is 1. The van der Waals surface area contributed by atoms with Crippen LogP contribution in [0.5, 0.6) is 0 Å².